The summed E-state index contributed by atoms with van der Waals surface area (Å²) in [6, 6.07) is 7.84. The lowest BCUT2D eigenvalue weighted by atomic mass is 10.1. The molecule has 1 heterocycles. The average Bonchev–Trinajstić information content (AvgIpc) is 2.47. The molecule has 0 bridgehead atoms. The maximum atomic E-state index is 11.4. The van der Waals surface area contributed by atoms with Crippen molar-refractivity contribution in [3.05, 3.63) is 29.8 Å². The largest absolute Gasteiger partial charge is 0.465 e. The van der Waals surface area contributed by atoms with Crippen LogP contribution in [0.4, 0.5) is 5.69 Å². The van der Waals surface area contributed by atoms with Crippen LogP contribution in [-0.2, 0) is 9.47 Å². The number of methoxy groups -OCH3 is 1. The fourth-order valence-corrected chi connectivity index (χ4v) is 2.31. The van der Waals surface area contributed by atoms with Gasteiger partial charge in [0.1, 0.15) is 0 Å². The summed E-state index contributed by atoms with van der Waals surface area (Å²) in [7, 11) is 3.33. The monoisotopic (exact) mass is 264 g/mol. The summed E-state index contributed by atoms with van der Waals surface area (Å²) < 4.78 is 10.2. The van der Waals surface area contributed by atoms with Crippen LogP contribution in [0.25, 0.3) is 0 Å². The maximum absolute atomic E-state index is 11.4. The van der Waals surface area contributed by atoms with E-state index in [-0.39, 0.29) is 5.97 Å². The Balaban J connectivity index is 2.13. The molecule has 5 nitrogen and oxygen atoms in total. The molecule has 1 unspecified atom stereocenters. The number of nitrogens with one attached hydrogen (secondary N) is 1. The predicted octanol–water partition coefficient (Wildman–Crippen LogP) is 0.898. The lowest BCUT2D eigenvalue weighted by Gasteiger charge is -2.37. The number of nitrogens with zero attached hydrogens (tertiary/aromatic N) is 1. The molecule has 0 aromatic heterocycles. The van der Waals surface area contributed by atoms with Gasteiger partial charge < -0.3 is 19.7 Å². The molecule has 1 saturated heterocycles. The van der Waals surface area contributed by atoms with Crippen molar-refractivity contribution in [1.82, 2.24) is 5.32 Å². The number of carbonyl (C=O) groups excluding carboxylic acids is 1. The van der Waals surface area contributed by atoms with Gasteiger partial charge in [0, 0.05) is 18.8 Å². The molecule has 0 spiro atoms. The fraction of sp³-hybridized carbons (Fsp3) is 0.500. The van der Waals surface area contributed by atoms with Gasteiger partial charge in [0.25, 0.3) is 0 Å². The number of hydrogen-bond donors (Lipinski definition) is 1. The zero-order valence-electron chi connectivity index (χ0n) is 11.4. The van der Waals surface area contributed by atoms with E-state index >= 15 is 0 Å². The second-order valence-corrected chi connectivity index (χ2v) is 4.52. The Morgan fingerprint density at radius 3 is 2.84 bits per heavy atom. The second-order valence-electron chi connectivity index (χ2n) is 4.52. The van der Waals surface area contributed by atoms with E-state index in [0.29, 0.717) is 11.6 Å². The quantitative estimate of drug-likeness (QED) is 0.819. The van der Waals surface area contributed by atoms with Gasteiger partial charge in [0.15, 0.2) is 0 Å². The van der Waals surface area contributed by atoms with Gasteiger partial charge in [-0.3, -0.25) is 0 Å². The molecule has 1 N–H and O–H groups in total. The number of esters is 1. The third-order valence-electron chi connectivity index (χ3n) is 3.29. The number of morpholine rings is 1. The van der Waals surface area contributed by atoms with Gasteiger partial charge in [-0.2, -0.15) is 0 Å². The molecule has 1 aliphatic rings. The molecule has 0 saturated carbocycles. The van der Waals surface area contributed by atoms with Gasteiger partial charge in [-0.1, -0.05) is 0 Å². The highest BCUT2D eigenvalue weighted by molar-refractivity contribution is 5.89. The standard InChI is InChI=1S/C14H20N2O3/c1-15-9-13-10-19-8-7-16(13)12-5-3-11(4-6-12)14(17)18-2/h3-6,13,15H,7-10H2,1-2H3. The van der Waals surface area contributed by atoms with E-state index in [1.54, 1.807) is 12.1 Å². The van der Waals surface area contributed by atoms with Gasteiger partial charge in [-0.05, 0) is 31.3 Å². The van der Waals surface area contributed by atoms with Gasteiger partial charge in [-0.25, -0.2) is 4.79 Å². The molecule has 1 fully saturated rings. The van der Waals surface area contributed by atoms with Crippen LogP contribution in [0, 0.1) is 0 Å². The normalized spacial score (nSPS) is 19.3. The Morgan fingerprint density at radius 1 is 1.47 bits per heavy atom. The first-order valence-electron chi connectivity index (χ1n) is 6.43. The topological polar surface area (TPSA) is 50.8 Å². The van der Waals surface area contributed by atoms with E-state index in [1.165, 1.54) is 7.11 Å². The Labute approximate surface area is 113 Å². The highest BCUT2D eigenvalue weighted by atomic mass is 16.5. The minimum atomic E-state index is -0.305. The van der Waals surface area contributed by atoms with Crippen LogP contribution in [0.2, 0.25) is 0 Å². The highest BCUT2D eigenvalue weighted by Gasteiger charge is 2.22. The summed E-state index contributed by atoms with van der Waals surface area (Å²) in [5.41, 5.74) is 1.68. The number of carbonyl (C=O) groups is 1. The molecule has 0 amide bonds. The summed E-state index contributed by atoms with van der Waals surface area (Å²) in [4.78, 5) is 13.7. The van der Waals surface area contributed by atoms with Gasteiger partial charge in [-0.15, -0.1) is 0 Å². The second kappa shape index (κ2) is 6.54. The summed E-state index contributed by atoms with van der Waals surface area (Å²) in [5, 5.41) is 3.18. The first kappa shape index (κ1) is 13.8. The molecular weight excluding hydrogens is 244 g/mol. The van der Waals surface area contributed by atoms with E-state index in [2.05, 4.69) is 10.2 Å². The van der Waals surface area contributed by atoms with Crippen molar-refractivity contribution in [2.75, 3.05) is 45.4 Å². The van der Waals surface area contributed by atoms with E-state index < -0.39 is 0 Å². The Morgan fingerprint density at radius 2 is 2.21 bits per heavy atom. The number of hydrogen-bond acceptors (Lipinski definition) is 5. The summed E-state index contributed by atoms with van der Waals surface area (Å²) in [6.07, 6.45) is 0. The maximum Gasteiger partial charge on any atom is 0.337 e. The molecule has 1 aromatic rings. The number of rotatable bonds is 4. The zero-order valence-corrected chi connectivity index (χ0v) is 11.4. The Bertz CT molecular complexity index is 417. The summed E-state index contributed by atoms with van der Waals surface area (Å²) in [6.45, 7) is 3.20. The fourth-order valence-electron chi connectivity index (χ4n) is 2.31. The molecule has 104 valence electrons. The Kier molecular flexibility index (Phi) is 4.76. The van der Waals surface area contributed by atoms with Crippen molar-refractivity contribution in [3.63, 3.8) is 0 Å². The van der Waals surface area contributed by atoms with Crippen LogP contribution in [0.3, 0.4) is 0 Å². The van der Waals surface area contributed by atoms with Crippen molar-refractivity contribution in [2.45, 2.75) is 6.04 Å². The highest BCUT2D eigenvalue weighted by Crippen LogP contribution is 2.20. The van der Waals surface area contributed by atoms with Crippen LogP contribution in [0.15, 0.2) is 24.3 Å². The summed E-state index contributed by atoms with van der Waals surface area (Å²) in [5.74, 6) is -0.305. The van der Waals surface area contributed by atoms with Crippen LogP contribution < -0.4 is 10.2 Å². The predicted molar refractivity (Wildman–Crippen MR) is 73.7 cm³/mol. The molecule has 5 heteroatoms. The molecule has 2 rings (SSSR count). The first-order valence-corrected chi connectivity index (χ1v) is 6.43. The molecule has 0 radical (unpaired) electrons. The van der Waals surface area contributed by atoms with E-state index in [0.717, 1.165) is 32.0 Å². The summed E-state index contributed by atoms with van der Waals surface area (Å²) >= 11 is 0. The minimum absolute atomic E-state index is 0.305. The molecule has 0 aliphatic carbocycles. The van der Waals surface area contributed by atoms with Crippen LogP contribution >= 0.6 is 0 Å². The van der Waals surface area contributed by atoms with E-state index in [9.17, 15) is 4.79 Å². The third-order valence-corrected chi connectivity index (χ3v) is 3.29. The third kappa shape index (κ3) is 3.24. The van der Waals surface area contributed by atoms with Crippen LogP contribution in [0.5, 0.6) is 0 Å². The van der Waals surface area contributed by atoms with E-state index in [4.69, 9.17) is 9.47 Å². The smallest absolute Gasteiger partial charge is 0.337 e. The number of ether oxygens (including phenoxy) is 2. The SMILES string of the molecule is CNCC1COCCN1c1ccc(C(=O)OC)cc1. The van der Waals surface area contributed by atoms with Crippen molar-refractivity contribution in [2.24, 2.45) is 0 Å². The van der Waals surface area contributed by atoms with E-state index in [1.807, 2.05) is 19.2 Å². The molecule has 1 aliphatic heterocycles. The molecule has 1 atom stereocenters. The number of likely N-dealkylation sites (N-methyl/N-ethyl adjacent to an activating group) is 1. The first-order chi connectivity index (χ1) is 9.26. The molecule has 1 aromatic carbocycles. The van der Waals surface area contributed by atoms with Gasteiger partial charge in [0.05, 0.1) is 31.9 Å². The molecular formula is C14H20N2O3. The average molecular weight is 264 g/mol. The minimum Gasteiger partial charge on any atom is -0.465 e. The van der Waals surface area contributed by atoms with Crippen LogP contribution in [0.1, 0.15) is 10.4 Å². The number of anilines is 1. The zero-order chi connectivity index (χ0) is 13.7. The van der Waals surface area contributed by atoms with Gasteiger partial charge in [0.2, 0.25) is 0 Å². The van der Waals surface area contributed by atoms with Gasteiger partial charge >= 0.3 is 5.97 Å². The lowest BCUT2D eigenvalue weighted by molar-refractivity contribution is 0.0600. The van der Waals surface area contributed by atoms with Crippen molar-refractivity contribution in [1.29, 1.82) is 0 Å². The lowest BCUT2D eigenvalue weighted by Crippen LogP contribution is -2.50. The number of benzene rings is 1. The van der Waals surface area contributed by atoms with Crippen molar-refractivity contribution < 1.29 is 14.3 Å². The Hall–Kier alpha value is -1.59. The molecule has 19 heavy (non-hydrogen) atoms. The van der Waals surface area contributed by atoms with Crippen LogP contribution in [-0.4, -0.2) is 52.5 Å². The van der Waals surface area contributed by atoms with Crippen molar-refractivity contribution in [3.8, 4) is 0 Å². The van der Waals surface area contributed by atoms with Crippen molar-refractivity contribution >= 4 is 11.7 Å².